The van der Waals surface area contributed by atoms with E-state index in [0.29, 0.717) is 43.4 Å². The first kappa shape index (κ1) is 42.0. The number of nitrogens with one attached hydrogen (secondary N) is 1. The Bertz CT molecular complexity index is 2270. The van der Waals surface area contributed by atoms with Gasteiger partial charge in [0.2, 0.25) is 0 Å². The summed E-state index contributed by atoms with van der Waals surface area (Å²) in [5.74, 6) is 1.36. The minimum absolute atomic E-state index is 0.0712. The highest BCUT2D eigenvalue weighted by atomic mass is 16.6. The van der Waals surface area contributed by atoms with Crippen molar-refractivity contribution >= 4 is 22.6 Å². The number of rotatable bonds is 10. The molecule has 7 heteroatoms. The van der Waals surface area contributed by atoms with E-state index in [2.05, 4.69) is 81.6 Å². The molecule has 7 nitrogen and oxygen atoms in total. The SMILES string of the molecule is Cc1cc(Cc2cn(CC3C4=C(C(C)CC(O)C5OC5(C)C)C(=O)CC4(C)C4(C)CCC5C(C)(CCC(=O)C5(C)C5CCCC5)C4C3O)c3cc[nH]c23)cc(C2CCCC2)c1. The van der Waals surface area contributed by atoms with Gasteiger partial charge in [-0.3, -0.25) is 9.59 Å². The fourth-order valence-electron chi connectivity index (χ4n) is 16.5. The first-order chi connectivity index (χ1) is 28.9. The zero-order valence-electron chi connectivity index (χ0n) is 38.5. The maximum absolute atomic E-state index is 14.9. The van der Waals surface area contributed by atoms with Crippen LogP contribution in [0, 0.1) is 58.2 Å². The highest BCUT2D eigenvalue weighted by Crippen LogP contribution is 2.76. The van der Waals surface area contributed by atoms with Gasteiger partial charge in [-0.2, -0.15) is 0 Å². The number of aromatic nitrogens is 2. The molecule has 1 saturated heterocycles. The van der Waals surface area contributed by atoms with Crippen LogP contribution >= 0.6 is 0 Å². The van der Waals surface area contributed by atoms with Crippen LogP contribution in [0.15, 0.2) is 47.8 Å². The van der Waals surface area contributed by atoms with Crippen LogP contribution in [0.3, 0.4) is 0 Å². The van der Waals surface area contributed by atoms with Crippen molar-refractivity contribution in [3.63, 3.8) is 0 Å². The van der Waals surface area contributed by atoms with Gasteiger partial charge in [-0.15, -0.1) is 0 Å². The number of carbonyl (C=O) groups excluding carboxylic acids is 2. The highest BCUT2D eigenvalue weighted by Gasteiger charge is 2.73. The molecule has 11 atom stereocenters. The van der Waals surface area contributed by atoms with Crippen molar-refractivity contribution in [1.82, 2.24) is 9.55 Å². The van der Waals surface area contributed by atoms with Gasteiger partial charge in [0.15, 0.2) is 5.78 Å². The lowest BCUT2D eigenvalue weighted by atomic mass is 9.34. The van der Waals surface area contributed by atoms with Crippen LogP contribution in [0.25, 0.3) is 11.0 Å². The molecule has 61 heavy (non-hydrogen) atoms. The zero-order valence-corrected chi connectivity index (χ0v) is 38.5. The van der Waals surface area contributed by atoms with E-state index in [-0.39, 0.29) is 57.4 Å². The molecule has 3 N–H and O–H groups in total. The van der Waals surface area contributed by atoms with Gasteiger partial charge in [0.05, 0.1) is 28.8 Å². The molecule has 11 unspecified atom stereocenters. The highest BCUT2D eigenvalue weighted by molar-refractivity contribution is 6.01. The smallest absolute Gasteiger partial charge is 0.160 e. The Labute approximate surface area is 364 Å². The molecular weight excluding hydrogens is 757 g/mol. The van der Waals surface area contributed by atoms with E-state index in [1.54, 1.807) is 0 Å². The quantitative estimate of drug-likeness (QED) is 0.176. The van der Waals surface area contributed by atoms with Gasteiger partial charge >= 0.3 is 0 Å². The summed E-state index contributed by atoms with van der Waals surface area (Å²) in [5, 5.41) is 25.1. The standard InChI is InChI=1S/C54H74N2O5/c1-31-23-33(26-35(24-31)34-13-9-10-14-34)27-36-29-56(39-19-22-55-46(36)39)30-38-45-44(32(2)25-40(57)49-50(3,4)61-49)41(58)28-53(45,7)52(6)21-17-42-51(5,48(52)47(38)60)20-18-43(59)54(42,8)37-15-11-12-16-37/h19,22-24,26,29,32,34,37-38,40,42,47-49,55,57,60H,9-18,20-21,25,27-28,30H2,1-8H3. The van der Waals surface area contributed by atoms with Crippen molar-refractivity contribution < 1.29 is 24.5 Å². The van der Waals surface area contributed by atoms with E-state index in [0.717, 1.165) is 60.7 Å². The van der Waals surface area contributed by atoms with Crippen LogP contribution in [0.5, 0.6) is 0 Å². The average molecular weight is 831 g/mol. The number of allylic oxidation sites excluding steroid dienone is 1. The molecule has 5 saturated carbocycles. The summed E-state index contributed by atoms with van der Waals surface area (Å²) >= 11 is 0. The Hall–Kier alpha value is -3.00. The van der Waals surface area contributed by atoms with Crippen molar-refractivity contribution in [2.75, 3.05) is 0 Å². The average Bonchev–Trinajstić information content (AvgIpc) is 3.93. The van der Waals surface area contributed by atoms with E-state index in [9.17, 15) is 19.8 Å². The molecule has 0 radical (unpaired) electrons. The van der Waals surface area contributed by atoms with E-state index in [4.69, 9.17) is 4.74 Å². The number of aromatic amines is 1. The maximum Gasteiger partial charge on any atom is 0.160 e. The fraction of sp³-hybridized carbons (Fsp3) is 0.704. The number of epoxide rings is 1. The number of nitrogens with zero attached hydrogens (tertiary/aromatic N) is 1. The third-order valence-corrected chi connectivity index (χ3v) is 19.6. The first-order valence-electron chi connectivity index (χ1n) is 24.5. The number of Topliss-reactive ketones (excluding diaryl/α,β-unsaturated/α-hetero) is 2. The molecule has 0 spiro atoms. The van der Waals surface area contributed by atoms with Gasteiger partial charge in [-0.25, -0.2) is 0 Å². The molecule has 7 aliphatic rings. The van der Waals surface area contributed by atoms with E-state index in [1.165, 1.54) is 60.8 Å². The number of ether oxygens (including phenoxy) is 1. The van der Waals surface area contributed by atoms with Crippen LogP contribution in [0.4, 0.5) is 0 Å². The Kier molecular flexibility index (Phi) is 9.98. The summed E-state index contributed by atoms with van der Waals surface area (Å²) < 4.78 is 8.29. The second-order valence-electron chi connectivity index (χ2n) is 23.3. The number of carbonyl (C=O) groups is 2. The summed E-state index contributed by atoms with van der Waals surface area (Å²) in [6.07, 6.45) is 17.6. The number of fused-ring (bicyclic) bond motifs is 6. The first-order valence-corrected chi connectivity index (χ1v) is 24.5. The maximum atomic E-state index is 14.9. The van der Waals surface area contributed by atoms with Crippen LogP contribution in [0.2, 0.25) is 0 Å². The third-order valence-electron chi connectivity index (χ3n) is 19.6. The van der Waals surface area contributed by atoms with Crippen molar-refractivity contribution in [2.45, 2.75) is 188 Å². The number of H-pyrrole nitrogens is 1. The van der Waals surface area contributed by atoms with E-state index in [1.807, 2.05) is 20.0 Å². The van der Waals surface area contributed by atoms with Crippen molar-refractivity contribution in [2.24, 2.45) is 51.2 Å². The number of hydrogen-bond donors (Lipinski definition) is 3. The molecular formula is C54H74N2O5. The van der Waals surface area contributed by atoms with Gasteiger partial charge in [0.25, 0.3) is 0 Å². The number of benzene rings is 1. The lowest BCUT2D eigenvalue weighted by Crippen LogP contribution is -2.68. The predicted molar refractivity (Wildman–Crippen MR) is 241 cm³/mol. The lowest BCUT2D eigenvalue weighted by Gasteiger charge is -2.70. The van der Waals surface area contributed by atoms with Gasteiger partial charge in [-0.1, -0.05) is 84.1 Å². The normalized spacial score (nSPS) is 38.6. The Morgan fingerprint density at radius 1 is 0.951 bits per heavy atom. The molecule has 6 fully saturated rings. The molecule has 3 aromatic rings. The monoisotopic (exact) mass is 831 g/mol. The number of hydrogen-bond acceptors (Lipinski definition) is 5. The van der Waals surface area contributed by atoms with Gasteiger partial charge in [0, 0.05) is 54.9 Å². The molecule has 2 aromatic heterocycles. The molecule has 6 aliphatic carbocycles. The Morgan fingerprint density at radius 3 is 2.36 bits per heavy atom. The molecule has 0 amide bonds. The minimum Gasteiger partial charge on any atom is -0.392 e. The lowest BCUT2D eigenvalue weighted by molar-refractivity contribution is -0.226. The third kappa shape index (κ3) is 6.26. The van der Waals surface area contributed by atoms with E-state index < -0.39 is 17.6 Å². The fourth-order valence-corrected chi connectivity index (χ4v) is 16.5. The molecule has 1 aromatic carbocycles. The molecule has 3 heterocycles. The number of aryl methyl sites for hydroxylation is 1. The van der Waals surface area contributed by atoms with Gasteiger partial charge < -0.3 is 24.5 Å². The minimum atomic E-state index is -0.698. The van der Waals surface area contributed by atoms with E-state index >= 15 is 0 Å². The van der Waals surface area contributed by atoms with Crippen LogP contribution in [0.1, 0.15) is 167 Å². The molecule has 1 aliphatic heterocycles. The second-order valence-corrected chi connectivity index (χ2v) is 23.3. The van der Waals surface area contributed by atoms with Crippen molar-refractivity contribution in [1.29, 1.82) is 0 Å². The number of aliphatic hydroxyl groups is 2. The summed E-state index contributed by atoms with van der Waals surface area (Å²) in [6.45, 7) is 18.5. The summed E-state index contributed by atoms with van der Waals surface area (Å²) in [5.41, 5.74) is 7.88. The Morgan fingerprint density at radius 2 is 1.66 bits per heavy atom. The largest absolute Gasteiger partial charge is 0.392 e. The van der Waals surface area contributed by atoms with Crippen LogP contribution in [-0.4, -0.2) is 55.2 Å². The molecule has 330 valence electrons. The summed E-state index contributed by atoms with van der Waals surface area (Å²) in [7, 11) is 0. The molecule has 10 rings (SSSR count). The molecule has 0 bridgehead atoms. The summed E-state index contributed by atoms with van der Waals surface area (Å²) in [6, 6.07) is 9.37. The van der Waals surface area contributed by atoms with Crippen LogP contribution in [-0.2, 0) is 27.3 Å². The van der Waals surface area contributed by atoms with Gasteiger partial charge in [0.1, 0.15) is 11.9 Å². The zero-order chi connectivity index (χ0) is 43.0. The van der Waals surface area contributed by atoms with Crippen LogP contribution < -0.4 is 0 Å². The second kappa shape index (κ2) is 14.5. The van der Waals surface area contributed by atoms with Crippen molar-refractivity contribution in [3.8, 4) is 0 Å². The topological polar surface area (TPSA) is 108 Å². The van der Waals surface area contributed by atoms with Gasteiger partial charge in [-0.05, 0) is 146 Å². The summed E-state index contributed by atoms with van der Waals surface area (Å²) in [4.78, 5) is 32.8. The number of ketones is 2. The Balaban J connectivity index is 1.07. The van der Waals surface area contributed by atoms with Crippen molar-refractivity contribution in [3.05, 3.63) is 70.1 Å². The number of aliphatic hydroxyl groups excluding tert-OH is 2. The predicted octanol–water partition coefficient (Wildman–Crippen LogP) is 11.0.